The SMILES string of the molecule is COc1ccc(CN(C(=O)Cn2nnc(-c3ccc(OC)cc3)n2)[C@@H](C(=O)NC(C)(C)C)c2ccc(C)o2)cc1. The molecule has 4 rings (SSSR count). The van der Waals surface area contributed by atoms with Gasteiger partial charge in [-0.15, -0.1) is 10.2 Å². The van der Waals surface area contributed by atoms with Gasteiger partial charge in [0.15, 0.2) is 6.04 Å². The summed E-state index contributed by atoms with van der Waals surface area (Å²) in [6.07, 6.45) is 0. The molecular formula is C29H34N6O5. The van der Waals surface area contributed by atoms with Crippen LogP contribution in [0.1, 0.15) is 43.9 Å². The van der Waals surface area contributed by atoms with Gasteiger partial charge in [-0.25, -0.2) is 0 Å². The molecule has 1 atom stereocenters. The second-order valence-electron chi connectivity index (χ2n) is 10.3. The van der Waals surface area contributed by atoms with Gasteiger partial charge in [0.2, 0.25) is 11.7 Å². The van der Waals surface area contributed by atoms with Crippen LogP contribution >= 0.6 is 0 Å². The number of carbonyl (C=O) groups is 2. The molecule has 0 fully saturated rings. The molecule has 2 aromatic heterocycles. The van der Waals surface area contributed by atoms with Crippen LogP contribution in [0.2, 0.25) is 0 Å². The molecular weight excluding hydrogens is 512 g/mol. The van der Waals surface area contributed by atoms with E-state index in [4.69, 9.17) is 13.9 Å². The van der Waals surface area contributed by atoms with Gasteiger partial charge in [0, 0.05) is 17.6 Å². The highest BCUT2D eigenvalue weighted by atomic mass is 16.5. The minimum Gasteiger partial charge on any atom is -0.497 e. The smallest absolute Gasteiger partial charge is 0.251 e. The van der Waals surface area contributed by atoms with E-state index in [-0.39, 0.29) is 19.0 Å². The quantitative estimate of drug-likeness (QED) is 0.317. The number of aryl methyl sites for hydroxylation is 1. The van der Waals surface area contributed by atoms with Crippen molar-refractivity contribution < 1.29 is 23.5 Å². The summed E-state index contributed by atoms with van der Waals surface area (Å²) in [6, 6.07) is 17.0. The summed E-state index contributed by atoms with van der Waals surface area (Å²) in [5, 5.41) is 15.6. The number of furan rings is 1. The molecule has 1 N–H and O–H groups in total. The van der Waals surface area contributed by atoms with E-state index in [0.29, 0.717) is 28.8 Å². The predicted molar refractivity (Wildman–Crippen MR) is 147 cm³/mol. The Bertz CT molecular complexity index is 1440. The fourth-order valence-corrected chi connectivity index (χ4v) is 4.09. The number of methoxy groups -OCH3 is 2. The van der Waals surface area contributed by atoms with Crippen LogP contribution in [0.25, 0.3) is 11.4 Å². The molecule has 2 aromatic carbocycles. The molecule has 11 nitrogen and oxygen atoms in total. The Hall–Kier alpha value is -4.67. The number of carbonyl (C=O) groups excluding carboxylic acids is 2. The van der Waals surface area contributed by atoms with E-state index in [0.717, 1.165) is 11.1 Å². The number of ether oxygens (including phenoxy) is 2. The first-order valence-electron chi connectivity index (χ1n) is 12.8. The number of aromatic nitrogens is 4. The highest BCUT2D eigenvalue weighted by molar-refractivity contribution is 5.88. The maximum absolute atomic E-state index is 13.9. The van der Waals surface area contributed by atoms with E-state index in [9.17, 15) is 9.59 Å². The fraction of sp³-hybridized carbons (Fsp3) is 0.345. The minimum atomic E-state index is -1.04. The molecule has 0 aliphatic rings. The van der Waals surface area contributed by atoms with Gasteiger partial charge in [-0.3, -0.25) is 9.59 Å². The lowest BCUT2D eigenvalue weighted by atomic mass is 10.1. The number of nitrogens with one attached hydrogen (secondary N) is 1. The second kappa shape index (κ2) is 12.0. The molecule has 2 heterocycles. The van der Waals surface area contributed by atoms with E-state index >= 15 is 0 Å². The zero-order valence-corrected chi connectivity index (χ0v) is 23.5. The van der Waals surface area contributed by atoms with Gasteiger partial charge in [-0.05, 0) is 87.0 Å². The van der Waals surface area contributed by atoms with Crippen LogP contribution < -0.4 is 14.8 Å². The molecule has 2 amide bonds. The Morgan fingerprint density at radius 2 is 1.60 bits per heavy atom. The van der Waals surface area contributed by atoms with Crippen LogP contribution in [0.15, 0.2) is 65.1 Å². The number of benzene rings is 2. The lowest BCUT2D eigenvalue weighted by Gasteiger charge is -2.32. The third-order valence-electron chi connectivity index (χ3n) is 6.00. The first-order valence-corrected chi connectivity index (χ1v) is 12.8. The van der Waals surface area contributed by atoms with Crippen LogP contribution in [0, 0.1) is 6.92 Å². The largest absolute Gasteiger partial charge is 0.497 e. The van der Waals surface area contributed by atoms with E-state index in [1.807, 2.05) is 45.0 Å². The fourth-order valence-electron chi connectivity index (χ4n) is 4.09. The molecule has 0 aliphatic carbocycles. The number of amides is 2. The summed E-state index contributed by atoms with van der Waals surface area (Å²) in [6.45, 7) is 7.32. The average Bonchev–Trinajstić information content (AvgIpc) is 3.56. The molecule has 0 spiro atoms. The van der Waals surface area contributed by atoms with Crippen molar-refractivity contribution in [1.29, 1.82) is 0 Å². The molecule has 4 aromatic rings. The molecule has 0 radical (unpaired) electrons. The van der Waals surface area contributed by atoms with Crippen LogP contribution in [0.4, 0.5) is 0 Å². The molecule has 40 heavy (non-hydrogen) atoms. The van der Waals surface area contributed by atoms with Gasteiger partial charge in [0.25, 0.3) is 5.91 Å². The van der Waals surface area contributed by atoms with Gasteiger partial charge < -0.3 is 24.1 Å². The Balaban J connectivity index is 1.67. The zero-order chi connectivity index (χ0) is 28.9. The van der Waals surface area contributed by atoms with Crippen LogP contribution in [0.5, 0.6) is 11.5 Å². The van der Waals surface area contributed by atoms with E-state index in [2.05, 4.69) is 20.7 Å². The molecule has 11 heteroatoms. The maximum Gasteiger partial charge on any atom is 0.251 e. The highest BCUT2D eigenvalue weighted by Crippen LogP contribution is 2.27. The second-order valence-corrected chi connectivity index (χ2v) is 10.3. The predicted octanol–water partition coefficient (Wildman–Crippen LogP) is 3.94. The highest BCUT2D eigenvalue weighted by Gasteiger charge is 2.36. The normalized spacial score (nSPS) is 12.1. The molecule has 0 saturated heterocycles. The van der Waals surface area contributed by atoms with Gasteiger partial charge >= 0.3 is 0 Å². The van der Waals surface area contributed by atoms with Gasteiger partial charge in [-0.2, -0.15) is 4.80 Å². The molecule has 0 unspecified atom stereocenters. The van der Waals surface area contributed by atoms with Crippen LogP contribution in [-0.2, 0) is 22.7 Å². The summed E-state index contributed by atoms with van der Waals surface area (Å²) in [7, 11) is 3.17. The summed E-state index contributed by atoms with van der Waals surface area (Å²) in [5.74, 6) is 1.97. The maximum atomic E-state index is 13.9. The number of hydrogen-bond donors (Lipinski definition) is 1. The van der Waals surface area contributed by atoms with Crippen molar-refractivity contribution in [2.45, 2.75) is 52.4 Å². The molecule has 0 aliphatic heterocycles. The Morgan fingerprint density at radius 1 is 0.975 bits per heavy atom. The van der Waals surface area contributed by atoms with Crippen molar-refractivity contribution in [2.24, 2.45) is 0 Å². The number of hydrogen-bond acceptors (Lipinski definition) is 8. The molecule has 210 valence electrons. The first-order chi connectivity index (χ1) is 19.1. The molecule has 0 bridgehead atoms. The lowest BCUT2D eigenvalue weighted by molar-refractivity contribution is -0.143. The van der Waals surface area contributed by atoms with Crippen molar-refractivity contribution in [1.82, 2.24) is 30.4 Å². The van der Waals surface area contributed by atoms with E-state index in [1.165, 1.54) is 9.70 Å². The Morgan fingerprint density at radius 3 is 2.15 bits per heavy atom. The van der Waals surface area contributed by atoms with Crippen LogP contribution in [-0.4, -0.2) is 56.7 Å². The number of rotatable bonds is 10. The average molecular weight is 547 g/mol. The van der Waals surface area contributed by atoms with Gasteiger partial charge in [0.05, 0.1) is 14.2 Å². The number of tetrazole rings is 1. The summed E-state index contributed by atoms with van der Waals surface area (Å²) < 4.78 is 16.4. The summed E-state index contributed by atoms with van der Waals surface area (Å²) in [4.78, 5) is 30.2. The Labute approximate surface area is 233 Å². The standard InChI is InChI=1S/C29H34N6O5/c1-19-7-16-24(40-19)26(28(37)30-29(2,3)4)34(17-20-8-12-22(38-5)13-9-20)25(36)18-35-32-27(31-33-35)21-10-14-23(39-6)15-11-21/h7-16,26H,17-18H2,1-6H3,(H,30,37)/t26-/m1/s1. The molecule has 0 saturated carbocycles. The van der Waals surface area contributed by atoms with Crippen molar-refractivity contribution >= 4 is 11.8 Å². The van der Waals surface area contributed by atoms with E-state index < -0.39 is 17.5 Å². The third-order valence-corrected chi connectivity index (χ3v) is 6.00. The van der Waals surface area contributed by atoms with E-state index in [1.54, 1.807) is 57.5 Å². The summed E-state index contributed by atoms with van der Waals surface area (Å²) in [5.41, 5.74) is 0.992. The number of nitrogens with zero attached hydrogens (tertiary/aromatic N) is 5. The zero-order valence-electron chi connectivity index (χ0n) is 23.5. The van der Waals surface area contributed by atoms with Gasteiger partial charge in [0.1, 0.15) is 29.6 Å². The monoisotopic (exact) mass is 546 g/mol. The van der Waals surface area contributed by atoms with Crippen LogP contribution in [0.3, 0.4) is 0 Å². The van der Waals surface area contributed by atoms with Crippen molar-refractivity contribution in [3.05, 3.63) is 77.7 Å². The minimum absolute atomic E-state index is 0.130. The first kappa shape index (κ1) is 28.3. The lowest BCUT2D eigenvalue weighted by Crippen LogP contribution is -2.49. The topological polar surface area (TPSA) is 125 Å². The third kappa shape index (κ3) is 7.04. The summed E-state index contributed by atoms with van der Waals surface area (Å²) >= 11 is 0. The van der Waals surface area contributed by atoms with Crippen molar-refractivity contribution in [2.75, 3.05) is 14.2 Å². The van der Waals surface area contributed by atoms with Crippen molar-refractivity contribution in [3.8, 4) is 22.9 Å². The van der Waals surface area contributed by atoms with Gasteiger partial charge in [-0.1, -0.05) is 12.1 Å². The van der Waals surface area contributed by atoms with Crippen molar-refractivity contribution in [3.63, 3.8) is 0 Å². The Kier molecular flexibility index (Phi) is 8.52.